The molecule has 5 heteroatoms. The lowest BCUT2D eigenvalue weighted by atomic mass is 10.1. The average molecular weight is 276 g/mol. The van der Waals surface area contributed by atoms with Crippen molar-refractivity contribution in [3.8, 4) is 0 Å². The second kappa shape index (κ2) is 7.05. The number of aliphatic carboxylic acids is 1. The normalized spacial score (nSPS) is 15.8. The Morgan fingerprint density at radius 1 is 1.10 bits per heavy atom. The van der Waals surface area contributed by atoms with Crippen LogP contribution in [-0.4, -0.2) is 46.6 Å². The Bertz CT molecular complexity index is 455. The Kier molecular flexibility index (Phi) is 5.12. The van der Waals surface area contributed by atoms with Crippen molar-refractivity contribution in [1.29, 1.82) is 0 Å². The van der Waals surface area contributed by atoms with Gasteiger partial charge in [-0.15, -0.1) is 0 Å². The fourth-order valence-corrected chi connectivity index (χ4v) is 2.42. The third kappa shape index (κ3) is 3.81. The molecule has 1 N–H and O–H groups in total. The predicted molar refractivity (Wildman–Crippen MR) is 75.2 cm³/mol. The second-order valence-corrected chi connectivity index (χ2v) is 4.95. The summed E-state index contributed by atoms with van der Waals surface area (Å²) in [4.78, 5) is 23.3. The van der Waals surface area contributed by atoms with E-state index in [2.05, 4.69) is 0 Å². The minimum atomic E-state index is -0.882. The lowest BCUT2D eigenvalue weighted by molar-refractivity contribution is -0.138. The van der Waals surface area contributed by atoms with Gasteiger partial charge in [0, 0.05) is 25.2 Å². The standard InChI is InChI=1S/C15H20N2O3/c18-14(19)9-12-17(16-10-5-2-6-11-16)15(20)13-7-3-1-4-8-13/h1,3-4,7-8H,2,5-6,9-12H2,(H,18,19). The number of carbonyl (C=O) groups is 2. The topological polar surface area (TPSA) is 60.9 Å². The minimum Gasteiger partial charge on any atom is -0.481 e. The fourth-order valence-electron chi connectivity index (χ4n) is 2.42. The quantitative estimate of drug-likeness (QED) is 0.893. The zero-order valence-corrected chi connectivity index (χ0v) is 11.5. The van der Waals surface area contributed by atoms with Gasteiger partial charge in [0.1, 0.15) is 0 Å². The molecule has 0 bridgehead atoms. The molecule has 0 unspecified atom stereocenters. The van der Waals surface area contributed by atoms with Gasteiger partial charge in [-0.2, -0.15) is 0 Å². The van der Waals surface area contributed by atoms with Gasteiger partial charge in [-0.05, 0) is 25.0 Å². The lowest BCUT2D eigenvalue weighted by Crippen LogP contribution is -2.49. The summed E-state index contributed by atoms with van der Waals surface area (Å²) in [5, 5.41) is 12.4. The molecule has 108 valence electrons. The SMILES string of the molecule is O=C(O)CCN(C(=O)c1ccccc1)N1CCCCC1. The Hall–Kier alpha value is -1.88. The Balaban J connectivity index is 2.12. The summed E-state index contributed by atoms with van der Waals surface area (Å²) >= 11 is 0. The molecule has 0 atom stereocenters. The highest BCUT2D eigenvalue weighted by Gasteiger charge is 2.24. The Morgan fingerprint density at radius 3 is 2.35 bits per heavy atom. The van der Waals surface area contributed by atoms with Gasteiger partial charge in [0.25, 0.3) is 5.91 Å². The van der Waals surface area contributed by atoms with E-state index in [-0.39, 0.29) is 18.9 Å². The van der Waals surface area contributed by atoms with Gasteiger partial charge in [0.2, 0.25) is 0 Å². The number of carboxylic acids is 1. The molecule has 1 aliphatic heterocycles. The molecule has 0 radical (unpaired) electrons. The first-order valence-corrected chi connectivity index (χ1v) is 7.02. The van der Waals surface area contributed by atoms with E-state index in [1.165, 1.54) is 6.42 Å². The molecule has 1 fully saturated rings. The van der Waals surface area contributed by atoms with Gasteiger partial charge in [0.05, 0.1) is 6.42 Å². The summed E-state index contributed by atoms with van der Waals surface area (Å²) in [6.45, 7) is 1.86. The van der Waals surface area contributed by atoms with Crippen molar-refractivity contribution in [1.82, 2.24) is 10.0 Å². The van der Waals surface area contributed by atoms with Crippen LogP contribution in [0.25, 0.3) is 0 Å². The molecule has 20 heavy (non-hydrogen) atoms. The number of carboxylic acid groups (broad SMARTS) is 1. The van der Waals surface area contributed by atoms with E-state index in [1.54, 1.807) is 17.1 Å². The van der Waals surface area contributed by atoms with E-state index in [1.807, 2.05) is 23.2 Å². The van der Waals surface area contributed by atoms with Gasteiger partial charge in [-0.25, -0.2) is 5.01 Å². The Morgan fingerprint density at radius 2 is 1.75 bits per heavy atom. The van der Waals surface area contributed by atoms with E-state index >= 15 is 0 Å². The highest BCUT2D eigenvalue weighted by atomic mass is 16.4. The van der Waals surface area contributed by atoms with Crippen LogP contribution in [0.3, 0.4) is 0 Å². The number of hydrazine groups is 1. The lowest BCUT2D eigenvalue weighted by Gasteiger charge is -2.37. The van der Waals surface area contributed by atoms with Gasteiger partial charge in [-0.3, -0.25) is 14.6 Å². The third-order valence-electron chi connectivity index (χ3n) is 3.47. The minimum absolute atomic E-state index is 0.0327. The molecular weight excluding hydrogens is 256 g/mol. The molecule has 1 aliphatic rings. The number of nitrogens with zero attached hydrogens (tertiary/aromatic N) is 2. The monoisotopic (exact) mass is 276 g/mol. The maximum absolute atomic E-state index is 12.5. The van der Waals surface area contributed by atoms with Gasteiger partial charge < -0.3 is 5.11 Å². The first-order chi connectivity index (χ1) is 9.68. The molecule has 2 rings (SSSR count). The maximum atomic E-state index is 12.5. The highest BCUT2D eigenvalue weighted by Crippen LogP contribution is 2.15. The molecule has 0 saturated carbocycles. The van der Waals surface area contributed by atoms with Crippen molar-refractivity contribution in [2.24, 2.45) is 0 Å². The Labute approximate surface area is 118 Å². The summed E-state index contributed by atoms with van der Waals surface area (Å²) in [6, 6.07) is 9.02. The summed E-state index contributed by atoms with van der Waals surface area (Å²) in [7, 11) is 0. The average Bonchev–Trinajstić information content (AvgIpc) is 2.49. The highest BCUT2D eigenvalue weighted by molar-refractivity contribution is 5.94. The van der Waals surface area contributed by atoms with E-state index < -0.39 is 5.97 Å². The van der Waals surface area contributed by atoms with Crippen LogP contribution >= 0.6 is 0 Å². The number of carbonyl (C=O) groups excluding carboxylic acids is 1. The van der Waals surface area contributed by atoms with Crippen molar-refractivity contribution < 1.29 is 14.7 Å². The molecule has 1 aromatic carbocycles. The summed E-state index contributed by atoms with van der Waals surface area (Å²) in [5.41, 5.74) is 0.600. The number of benzene rings is 1. The van der Waals surface area contributed by atoms with E-state index in [0.717, 1.165) is 25.9 Å². The number of hydrogen-bond acceptors (Lipinski definition) is 3. The molecule has 1 amide bonds. The van der Waals surface area contributed by atoms with Gasteiger partial charge in [-0.1, -0.05) is 24.6 Å². The van der Waals surface area contributed by atoms with Crippen LogP contribution in [0.5, 0.6) is 0 Å². The maximum Gasteiger partial charge on any atom is 0.305 e. The van der Waals surface area contributed by atoms with Crippen molar-refractivity contribution in [2.75, 3.05) is 19.6 Å². The first kappa shape index (κ1) is 14.5. The largest absolute Gasteiger partial charge is 0.481 e. The molecule has 1 heterocycles. The summed E-state index contributed by atoms with van der Waals surface area (Å²) < 4.78 is 0. The number of hydrogen-bond donors (Lipinski definition) is 1. The predicted octanol–water partition coefficient (Wildman–Crippen LogP) is 2.00. The van der Waals surface area contributed by atoms with Crippen LogP contribution < -0.4 is 0 Å². The number of rotatable bonds is 5. The zero-order chi connectivity index (χ0) is 14.4. The van der Waals surface area contributed by atoms with Crippen LogP contribution in [0.4, 0.5) is 0 Å². The molecule has 0 aromatic heterocycles. The molecule has 5 nitrogen and oxygen atoms in total. The molecule has 1 aromatic rings. The molecule has 1 saturated heterocycles. The van der Waals surface area contributed by atoms with E-state index in [9.17, 15) is 9.59 Å². The number of amides is 1. The molecule has 0 spiro atoms. The smallest absolute Gasteiger partial charge is 0.305 e. The van der Waals surface area contributed by atoms with Crippen LogP contribution in [0.2, 0.25) is 0 Å². The molecular formula is C15H20N2O3. The first-order valence-electron chi connectivity index (χ1n) is 7.02. The van der Waals surface area contributed by atoms with Crippen LogP contribution in [-0.2, 0) is 4.79 Å². The zero-order valence-electron chi connectivity index (χ0n) is 11.5. The summed E-state index contributed by atoms with van der Waals surface area (Å²) in [5.74, 6) is -0.998. The van der Waals surface area contributed by atoms with Crippen LogP contribution in [0.1, 0.15) is 36.0 Å². The summed E-state index contributed by atoms with van der Waals surface area (Å²) in [6.07, 6.45) is 3.23. The van der Waals surface area contributed by atoms with Crippen molar-refractivity contribution in [3.63, 3.8) is 0 Å². The second-order valence-electron chi connectivity index (χ2n) is 4.95. The van der Waals surface area contributed by atoms with Gasteiger partial charge in [0.15, 0.2) is 0 Å². The van der Waals surface area contributed by atoms with Gasteiger partial charge >= 0.3 is 5.97 Å². The van der Waals surface area contributed by atoms with Crippen molar-refractivity contribution in [3.05, 3.63) is 35.9 Å². The van der Waals surface area contributed by atoms with E-state index in [0.29, 0.717) is 5.56 Å². The van der Waals surface area contributed by atoms with E-state index in [4.69, 9.17) is 5.11 Å². The van der Waals surface area contributed by atoms with Crippen LogP contribution in [0.15, 0.2) is 30.3 Å². The van der Waals surface area contributed by atoms with Crippen molar-refractivity contribution in [2.45, 2.75) is 25.7 Å². The third-order valence-corrected chi connectivity index (χ3v) is 3.47. The van der Waals surface area contributed by atoms with Crippen molar-refractivity contribution >= 4 is 11.9 Å². The number of piperidine rings is 1. The van der Waals surface area contributed by atoms with Crippen LogP contribution in [0, 0.1) is 0 Å². The fraction of sp³-hybridized carbons (Fsp3) is 0.467. The molecule has 0 aliphatic carbocycles.